The topological polar surface area (TPSA) is 80.0 Å². The predicted molar refractivity (Wildman–Crippen MR) is 129 cm³/mol. The van der Waals surface area contributed by atoms with Crippen LogP contribution in [0, 0.1) is 34.6 Å². The fraction of sp³-hybridized carbons (Fsp3) is 0.240. The van der Waals surface area contributed by atoms with Gasteiger partial charge in [0, 0.05) is 21.8 Å². The summed E-state index contributed by atoms with van der Waals surface area (Å²) < 4.78 is 5.28. The highest BCUT2D eigenvalue weighted by molar-refractivity contribution is 7.16. The number of anilines is 2. The second-order valence-corrected chi connectivity index (χ2v) is 9.14. The van der Waals surface area contributed by atoms with Gasteiger partial charge in [-0.2, -0.15) is 0 Å². The molecule has 0 fully saturated rings. The molecule has 3 aromatic heterocycles. The van der Waals surface area contributed by atoms with Gasteiger partial charge in [-0.15, -0.1) is 11.3 Å². The third kappa shape index (κ3) is 4.57. The van der Waals surface area contributed by atoms with E-state index in [1.807, 2.05) is 19.9 Å². The first-order chi connectivity index (χ1) is 15.3. The number of hydrogen-bond donors (Lipinski definition) is 2. The fourth-order valence-corrected chi connectivity index (χ4v) is 4.75. The number of carbonyl (C=O) groups is 1. The average Bonchev–Trinajstić information content (AvgIpc) is 3.36. The van der Waals surface area contributed by atoms with Crippen molar-refractivity contribution in [3.05, 3.63) is 93.0 Å². The largest absolute Gasteiger partial charge is 0.459 e. The Balaban J connectivity index is 1.80. The Morgan fingerprint density at radius 3 is 2.31 bits per heavy atom. The molecule has 0 aliphatic heterocycles. The molecule has 0 aliphatic carbocycles. The van der Waals surface area contributed by atoms with E-state index < -0.39 is 0 Å². The van der Waals surface area contributed by atoms with Gasteiger partial charge in [0.2, 0.25) is 5.95 Å². The van der Waals surface area contributed by atoms with Crippen LogP contribution in [0.15, 0.2) is 53.1 Å². The van der Waals surface area contributed by atoms with Gasteiger partial charge in [0.25, 0.3) is 5.91 Å². The van der Waals surface area contributed by atoms with Gasteiger partial charge in [-0.1, -0.05) is 29.8 Å². The molecule has 1 aromatic carbocycles. The summed E-state index contributed by atoms with van der Waals surface area (Å²) in [6.07, 6.45) is 1.49. The molecule has 0 radical (unpaired) electrons. The summed E-state index contributed by atoms with van der Waals surface area (Å²) in [7, 11) is 0. The minimum absolute atomic E-state index is 0.242. The van der Waals surface area contributed by atoms with Crippen molar-refractivity contribution in [1.29, 1.82) is 0 Å². The lowest BCUT2D eigenvalue weighted by Crippen LogP contribution is -2.18. The van der Waals surface area contributed by atoms with Crippen molar-refractivity contribution in [3.8, 4) is 0 Å². The lowest BCUT2D eigenvalue weighted by molar-refractivity contribution is 0.0997. The van der Waals surface area contributed by atoms with E-state index >= 15 is 0 Å². The number of furan rings is 1. The molecular weight excluding hydrogens is 420 g/mol. The number of nitrogens with one attached hydrogen (secondary N) is 2. The van der Waals surface area contributed by atoms with Crippen molar-refractivity contribution in [2.75, 3.05) is 10.6 Å². The molecule has 0 unspecified atom stereocenters. The molecule has 1 amide bonds. The quantitative estimate of drug-likeness (QED) is 0.373. The minimum Gasteiger partial charge on any atom is -0.459 e. The third-order valence-corrected chi connectivity index (χ3v) is 6.50. The molecule has 6 nitrogen and oxygen atoms in total. The van der Waals surface area contributed by atoms with Crippen molar-refractivity contribution >= 4 is 28.2 Å². The Kier molecular flexibility index (Phi) is 6.10. The minimum atomic E-state index is -0.275. The Labute approximate surface area is 191 Å². The highest BCUT2D eigenvalue weighted by atomic mass is 32.1. The van der Waals surface area contributed by atoms with Crippen LogP contribution in [0.5, 0.6) is 0 Å². The second kappa shape index (κ2) is 8.96. The van der Waals surface area contributed by atoms with Crippen molar-refractivity contribution in [1.82, 2.24) is 9.97 Å². The van der Waals surface area contributed by atoms with Gasteiger partial charge >= 0.3 is 0 Å². The lowest BCUT2D eigenvalue weighted by atomic mass is 9.96. The van der Waals surface area contributed by atoms with E-state index in [-0.39, 0.29) is 17.7 Å². The van der Waals surface area contributed by atoms with Gasteiger partial charge in [-0.25, -0.2) is 9.97 Å². The number of hydrogen-bond acceptors (Lipinski definition) is 6. The highest BCUT2D eigenvalue weighted by Crippen LogP contribution is 2.41. The normalized spacial score (nSPS) is 11.9. The predicted octanol–water partition coefficient (Wildman–Crippen LogP) is 6.13. The molecule has 3 heterocycles. The zero-order chi connectivity index (χ0) is 22.8. The third-order valence-electron chi connectivity index (χ3n) is 5.36. The fourth-order valence-electron chi connectivity index (χ4n) is 3.66. The van der Waals surface area contributed by atoms with Gasteiger partial charge in [0.05, 0.1) is 12.3 Å². The second-order valence-electron chi connectivity index (χ2n) is 7.92. The van der Waals surface area contributed by atoms with Crippen LogP contribution >= 0.6 is 11.3 Å². The van der Waals surface area contributed by atoms with E-state index in [1.165, 1.54) is 11.8 Å². The smallest absolute Gasteiger partial charge is 0.291 e. The van der Waals surface area contributed by atoms with Crippen molar-refractivity contribution in [3.63, 3.8) is 0 Å². The van der Waals surface area contributed by atoms with Gasteiger partial charge in [0.1, 0.15) is 5.00 Å². The van der Waals surface area contributed by atoms with Gasteiger partial charge < -0.3 is 15.1 Å². The summed E-state index contributed by atoms with van der Waals surface area (Å²) >= 11 is 1.56. The van der Waals surface area contributed by atoms with Crippen molar-refractivity contribution in [2.45, 2.75) is 40.7 Å². The first-order valence-corrected chi connectivity index (χ1v) is 11.2. The molecule has 4 aromatic rings. The molecule has 0 bridgehead atoms. The van der Waals surface area contributed by atoms with Crippen LogP contribution in [-0.4, -0.2) is 15.9 Å². The first-order valence-electron chi connectivity index (χ1n) is 10.4. The molecule has 0 spiro atoms. The Morgan fingerprint density at radius 1 is 1.00 bits per heavy atom. The van der Waals surface area contributed by atoms with Gasteiger partial charge in [-0.3, -0.25) is 4.79 Å². The molecular formula is C25H26N4O2S. The van der Waals surface area contributed by atoms with Crippen LogP contribution in [0.2, 0.25) is 0 Å². The molecule has 7 heteroatoms. The number of thiophene rings is 1. The zero-order valence-electron chi connectivity index (χ0n) is 18.8. The monoisotopic (exact) mass is 446 g/mol. The number of benzene rings is 1. The van der Waals surface area contributed by atoms with E-state index in [1.54, 1.807) is 23.5 Å². The molecule has 0 saturated carbocycles. The van der Waals surface area contributed by atoms with Gasteiger partial charge in [-0.05, 0) is 63.9 Å². The Hall–Kier alpha value is -3.45. The standard InChI is InChI=1S/C25H26N4O2S/c1-14-8-10-19(11-9-14)22(28-25-26-15(2)13-16(3)27-25)21-17(4)18(5)32-24(21)29-23(30)20-7-6-12-31-20/h6-13,22H,1-5H3,(H,29,30)(H,26,27,28)/t22-/m1/s1. The number of aromatic nitrogens is 2. The van der Waals surface area contributed by atoms with Crippen LogP contribution < -0.4 is 10.6 Å². The Morgan fingerprint density at radius 2 is 1.69 bits per heavy atom. The summed E-state index contributed by atoms with van der Waals surface area (Å²) in [4.78, 5) is 23.1. The average molecular weight is 447 g/mol. The number of aryl methyl sites for hydroxylation is 4. The molecule has 4 rings (SSSR count). The Bertz CT molecular complexity index is 1220. The van der Waals surface area contributed by atoms with E-state index in [2.05, 4.69) is 65.6 Å². The van der Waals surface area contributed by atoms with E-state index in [9.17, 15) is 4.79 Å². The summed E-state index contributed by atoms with van der Waals surface area (Å²) in [6, 6.07) is 13.4. The zero-order valence-corrected chi connectivity index (χ0v) is 19.6. The number of amides is 1. The van der Waals surface area contributed by atoms with E-state index in [4.69, 9.17) is 4.42 Å². The number of carbonyl (C=O) groups excluding carboxylic acids is 1. The maximum Gasteiger partial charge on any atom is 0.291 e. The van der Waals surface area contributed by atoms with Gasteiger partial charge in [0.15, 0.2) is 5.76 Å². The molecule has 164 valence electrons. The molecule has 0 saturated heterocycles. The van der Waals surface area contributed by atoms with Crippen LogP contribution in [0.1, 0.15) is 55.1 Å². The number of rotatable bonds is 6. The first kappa shape index (κ1) is 21.8. The SMILES string of the molecule is Cc1ccc([C@@H](Nc2nc(C)cc(C)n2)c2c(NC(=O)c3ccco3)sc(C)c2C)cc1. The highest BCUT2D eigenvalue weighted by Gasteiger charge is 2.26. The summed E-state index contributed by atoms with van der Waals surface area (Å²) in [6.45, 7) is 10.1. The maximum absolute atomic E-state index is 12.8. The van der Waals surface area contributed by atoms with Crippen molar-refractivity contribution in [2.24, 2.45) is 0 Å². The maximum atomic E-state index is 12.8. The molecule has 2 N–H and O–H groups in total. The van der Waals surface area contributed by atoms with Crippen LogP contribution in [0.3, 0.4) is 0 Å². The number of nitrogens with zero attached hydrogens (tertiary/aromatic N) is 2. The van der Waals surface area contributed by atoms with E-state index in [0.717, 1.165) is 38.0 Å². The van der Waals surface area contributed by atoms with Crippen molar-refractivity contribution < 1.29 is 9.21 Å². The van der Waals surface area contributed by atoms with Crippen LogP contribution in [-0.2, 0) is 0 Å². The molecule has 1 atom stereocenters. The molecule has 32 heavy (non-hydrogen) atoms. The summed E-state index contributed by atoms with van der Waals surface area (Å²) in [5.74, 6) is 0.555. The van der Waals surface area contributed by atoms with Crippen LogP contribution in [0.25, 0.3) is 0 Å². The summed E-state index contributed by atoms with van der Waals surface area (Å²) in [5, 5.41) is 7.36. The molecule has 0 aliphatic rings. The lowest BCUT2D eigenvalue weighted by Gasteiger charge is -2.22. The van der Waals surface area contributed by atoms with Crippen LogP contribution in [0.4, 0.5) is 10.9 Å². The summed E-state index contributed by atoms with van der Waals surface area (Å²) in [5.41, 5.74) is 6.15. The van der Waals surface area contributed by atoms with E-state index in [0.29, 0.717) is 5.95 Å².